The van der Waals surface area contributed by atoms with Crippen LogP contribution >= 0.6 is 12.4 Å². The van der Waals surface area contributed by atoms with Crippen LogP contribution in [0.4, 0.5) is 0 Å². The van der Waals surface area contributed by atoms with E-state index in [1.54, 1.807) is 0 Å². The van der Waals surface area contributed by atoms with Crippen molar-refractivity contribution in [2.24, 2.45) is 5.73 Å². The molecule has 1 aliphatic rings. The molecule has 3 nitrogen and oxygen atoms in total. The number of hydrogen-bond acceptors (Lipinski definition) is 2. The van der Waals surface area contributed by atoms with Crippen molar-refractivity contribution in [1.29, 1.82) is 0 Å². The Kier molecular flexibility index (Phi) is 7.20. The number of amides is 1. The number of rotatable bonds is 4. The minimum absolute atomic E-state index is 0. The van der Waals surface area contributed by atoms with Crippen molar-refractivity contribution >= 4 is 18.3 Å². The van der Waals surface area contributed by atoms with Crippen molar-refractivity contribution in [1.82, 2.24) is 4.90 Å². The first-order chi connectivity index (χ1) is 9.61. The van der Waals surface area contributed by atoms with Crippen molar-refractivity contribution in [2.75, 3.05) is 13.1 Å². The van der Waals surface area contributed by atoms with Gasteiger partial charge >= 0.3 is 0 Å². The number of likely N-dealkylation sites (tertiary alicyclic amines) is 1. The lowest BCUT2D eigenvalue weighted by atomic mass is 9.97. The van der Waals surface area contributed by atoms with E-state index in [0.717, 1.165) is 31.4 Å². The fourth-order valence-corrected chi connectivity index (χ4v) is 3.08. The molecule has 1 fully saturated rings. The van der Waals surface area contributed by atoms with Crippen molar-refractivity contribution in [3.63, 3.8) is 0 Å². The van der Waals surface area contributed by atoms with E-state index in [2.05, 4.69) is 36.9 Å². The van der Waals surface area contributed by atoms with Gasteiger partial charge in [0.15, 0.2) is 0 Å². The maximum absolute atomic E-state index is 12.6. The summed E-state index contributed by atoms with van der Waals surface area (Å²) in [5.74, 6) is 0.261. The van der Waals surface area contributed by atoms with Crippen molar-refractivity contribution < 1.29 is 4.79 Å². The molecular formula is C17H27ClN2O. The Morgan fingerprint density at radius 1 is 1.33 bits per heavy atom. The zero-order chi connectivity index (χ0) is 14.5. The van der Waals surface area contributed by atoms with E-state index in [1.165, 1.54) is 17.5 Å². The van der Waals surface area contributed by atoms with Crippen molar-refractivity contribution in [3.8, 4) is 0 Å². The van der Waals surface area contributed by atoms with Crippen molar-refractivity contribution in [3.05, 3.63) is 34.9 Å². The standard InChI is InChI=1S/C17H26N2O.ClH/c1-13-6-7-14(2)15(11-13)12-17(20)19-10-4-3-5-16(19)8-9-18;/h6-7,11,16H,3-5,8-10,12,18H2,1-2H3;1H. The SMILES string of the molecule is Cc1ccc(C)c(CC(=O)N2CCCCC2CCN)c1.Cl. The molecule has 1 amide bonds. The summed E-state index contributed by atoms with van der Waals surface area (Å²) in [6, 6.07) is 6.69. The number of hydrogen-bond donors (Lipinski definition) is 1. The molecule has 1 aromatic carbocycles. The van der Waals surface area contributed by atoms with E-state index in [4.69, 9.17) is 5.73 Å². The summed E-state index contributed by atoms with van der Waals surface area (Å²) in [7, 11) is 0. The van der Waals surface area contributed by atoms with E-state index < -0.39 is 0 Å². The predicted octanol–water partition coefficient (Wildman–Crippen LogP) is 3.00. The highest BCUT2D eigenvalue weighted by Gasteiger charge is 2.26. The minimum Gasteiger partial charge on any atom is -0.339 e. The second-order valence-corrected chi connectivity index (χ2v) is 5.92. The Labute approximate surface area is 134 Å². The van der Waals surface area contributed by atoms with Crippen LogP contribution in [-0.2, 0) is 11.2 Å². The first-order valence-electron chi connectivity index (χ1n) is 7.67. The third-order valence-corrected chi connectivity index (χ3v) is 4.29. The van der Waals surface area contributed by atoms with Gasteiger partial charge in [-0.05, 0) is 57.2 Å². The van der Waals surface area contributed by atoms with E-state index in [-0.39, 0.29) is 18.3 Å². The number of nitrogens with two attached hydrogens (primary N) is 1. The van der Waals surface area contributed by atoms with Gasteiger partial charge in [0.1, 0.15) is 0 Å². The molecule has 21 heavy (non-hydrogen) atoms. The molecule has 1 aromatic rings. The van der Waals surface area contributed by atoms with Gasteiger partial charge in [0.2, 0.25) is 5.91 Å². The Balaban J connectivity index is 0.00000220. The van der Waals surface area contributed by atoms with E-state index >= 15 is 0 Å². The van der Waals surface area contributed by atoms with Crippen LogP contribution in [0.2, 0.25) is 0 Å². The van der Waals surface area contributed by atoms with Crippen LogP contribution in [0, 0.1) is 13.8 Å². The number of halogens is 1. The normalized spacial score (nSPS) is 18.2. The number of nitrogens with zero attached hydrogens (tertiary/aromatic N) is 1. The molecule has 2 rings (SSSR count). The van der Waals surface area contributed by atoms with Gasteiger partial charge in [-0.2, -0.15) is 0 Å². The van der Waals surface area contributed by atoms with Crippen LogP contribution in [-0.4, -0.2) is 29.9 Å². The molecule has 118 valence electrons. The summed E-state index contributed by atoms with van der Waals surface area (Å²) >= 11 is 0. The molecule has 1 heterocycles. The molecule has 0 bridgehead atoms. The Hall–Kier alpha value is -1.06. The molecule has 0 aromatic heterocycles. The number of carbonyl (C=O) groups excluding carboxylic acids is 1. The lowest BCUT2D eigenvalue weighted by molar-refractivity contribution is -0.134. The average Bonchev–Trinajstić information content (AvgIpc) is 2.44. The van der Waals surface area contributed by atoms with Gasteiger partial charge in [0, 0.05) is 12.6 Å². The van der Waals surface area contributed by atoms with Crippen LogP contribution in [0.15, 0.2) is 18.2 Å². The third-order valence-electron chi connectivity index (χ3n) is 4.29. The van der Waals surface area contributed by atoms with Crippen molar-refractivity contribution in [2.45, 2.75) is 52.0 Å². The quantitative estimate of drug-likeness (QED) is 0.929. The van der Waals surface area contributed by atoms with Crippen LogP contribution in [0.5, 0.6) is 0 Å². The number of benzene rings is 1. The molecule has 2 N–H and O–H groups in total. The molecule has 0 radical (unpaired) electrons. The highest BCUT2D eigenvalue weighted by molar-refractivity contribution is 5.85. The number of carbonyl (C=O) groups is 1. The van der Waals surface area contributed by atoms with E-state index in [0.29, 0.717) is 19.0 Å². The lowest BCUT2D eigenvalue weighted by Gasteiger charge is -2.36. The lowest BCUT2D eigenvalue weighted by Crippen LogP contribution is -2.45. The summed E-state index contributed by atoms with van der Waals surface area (Å²) in [5, 5.41) is 0. The zero-order valence-electron chi connectivity index (χ0n) is 13.1. The van der Waals surface area contributed by atoms with Gasteiger partial charge in [-0.15, -0.1) is 12.4 Å². The Morgan fingerprint density at radius 3 is 2.81 bits per heavy atom. The van der Waals surface area contributed by atoms with Gasteiger partial charge in [-0.25, -0.2) is 0 Å². The van der Waals surface area contributed by atoms with Crippen LogP contribution in [0.25, 0.3) is 0 Å². The summed E-state index contributed by atoms with van der Waals surface area (Å²) in [6.07, 6.45) is 4.90. The maximum atomic E-state index is 12.6. The first-order valence-corrected chi connectivity index (χ1v) is 7.67. The number of piperidine rings is 1. The second kappa shape index (κ2) is 8.40. The van der Waals surface area contributed by atoms with Gasteiger partial charge in [0.25, 0.3) is 0 Å². The number of aryl methyl sites for hydroxylation is 2. The van der Waals surface area contributed by atoms with Crippen LogP contribution < -0.4 is 5.73 Å². The molecule has 1 aliphatic heterocycles. The topological polar surface area (TPSA) is 46.3 Å². The smallest absolute Gasteiger partial charge is 0.227 e. The van der Waals surface area contributed by atoms with Gasteiger partial charge in [-0.1, -0.05) is 23.8 Å². The highest BCUT2D eigenvalue weighted by atomic mass is 35.5. The van der Waals surface area contributed by atoms with Gasteiger partial charge < -0.3 is 10.6 Å². The monoisotopic (exact) mass is 310 g/mol. The molecule has 0 spiro atoms. The summed E-state index contributed by atoms with van der Waals surface area (Å²) in [4.78, 5) is 14.7. The molecule has 1 saturated heterocycles. The fraction of sp³-hybridized carbons (Fsp3) is 0.588. The Bertz CT molecular complexity index is 474. The molecular weight excluding hydrogens is 284 g/mol. The fourth-order valence-electron chi connectivity index (χ4n) is 3.08. The average molecular weight is 311 g/mol. The molecule has 4 heteroatoms. The van der Waals surface area contributed by atoms with Crippen LogP contribution in [0.3, 0.4) is 0 Å². The summed E-state index contributed by atoms with van der Waals surface area (Å²) in [5.41, 5.74) is 9.26. The second-order valence-electron chi connectivity index (χ2n) is 5.92. The van der Waals surface area contributed by atoms with Gasteiger partial charge in [-0.3, -0.25) is 4.79 Å². The molecule has 0 saturated carbocycles. The van der Waals surface area contributed by atoms with Gasteiger partial charge in [0.05, 0.1) is 6.42 Å². The summed E-state index contributed by atoms with van der Waals surface area (Å²) < 4.78 is 0. The minimum atomic E-state index is 0. The molecule has 1 unspecified atom stereocenters. The first kappa shape index (κ1) is 18.0. The van der Waals surface area contributed by atoms with E-state index in [1.807, 2.05) is 0 Å². The van der Waals surface area contributed by atoms with E-state index in [9.17, 15) is 4.79 Å². The third kappa shape index (κ3) is 4.72. The largest absolute Gasteiger partial charge is 0.339 e. The van der Waals surface area contributed by atoms with Crippen LogP contribution in [0.1, 0.15) is 42.4 Å². The molecule has 0 aliphatic carbocycles. The maximum Gasteiger partial charge on any atom is 0.227 e. The zero-order valence-corrected chi connectivity index (χ0v) is 13.9. The predicted molar refractivity (Wildman–Crippen MR) is 89.9 cm³/mol. The molecule has 1 atom stereocenters. The Morgan fingerprint density at radius 2 is 2.10 bits per heavy atom. The summed E-state index contributed by atoms with van der Waals surface area (Å²) in [6.45, 7) is 5.72. The highest BCUT2D eigenvalue weighted by Crippen LogP contribution is 2.21.